The summed E-state index contributed by atoms with van der Waals surface area (Å²) in [6.07, 6.45) is 4.30. The molecule has 0 N–H and O–H groups in total. The number of sulfone groups is 1. The number of benzene rings is 2. The zero-order valence-corrected chi connectivity index (χ0v) is 19.5. The van der Waals surface area contributed by atoms with Crippen molar-refractivity contribution < 1.29 is 22.0 Å². The summed E-state index contributed by atoms with van der Waals surface area (Å²) in [5.41, 5.74) is 2.96. The van der Waals surface area contributed by atoms with E-state index in [1.54, 1.807) is 17.2 Å². The van der Waals surface area contributed by atoms with Crippen molar-refractivity contribution in [3.05, 3.63) is 95.6 Å². The number of hydrogen-bond acceptors (Lipinski definition) is 5. The highest BCUT2D eigenvalue weighted by molar-refractivity contribution is 7.91. The second-order valence-electron chi connectivity index (χ2n) is 8.19. The number of carbonyl (C=O) groups excluding carboxylic acids is 1. The van der Waals surface area contributed by atoms with Crippen molar-refractivity contribution in [2.75, 3.05) is 5.75 Å². The van der Waals surface area contributed by atoms with Gasteiger partial charge >= 0.3 is 0 Å². The molecule has 0 spiro atoms. The number of pyridine rings is 1. The fraction of sp³-hybridized carbons (Fsp3) is 0.160. The van der Waals surface area contributed by atoms with E-state index in [-0.39, 0.29) is 29.3 Å². The minimum absolute atomic E-state index is 0.0317. The first-order chi connectivity index (χ1) is 16.7. The van der Waals surface area contributed by atoms with E-state index >= 15 is 0 Å². The van der Waals surface area contributed by atoms with Crippen molar-refractivity contribution in [3.8, 4) is 16.8 Å². The molecule has 0 bridgehead atoms. The summed E-state index contributed by atoms with van der Waals surface area (Å²) >= 11 is 0. The number of carbonyl (C=O) groups is 1. The lowest BCUT2D eigenvalue weighted by atomic mass is 9.98. The van der Waals surface area contributed by atoms with Gasteiger partial charge in [-0.1, -0.05) is 25.1 Å². The molecule has 178 valence electrons. The standard InChI is InChI=1S/C25H20F2N4O3S/c1-2-35(33,34)21-6-7-22(16-4-3-5-18(26)8-16)23(10-21)25(32)30-13-17-14-31(29-24(17)15-30)20-9-19(27)11-28-12-20/h3-12,14H,2,13,15H2,1H3. The van der Waals surface area contributed by atoms with Crippen LogP contribution in [0.15, 0.2) is 72.0 Å². The van der Waals surface area contributed by atoms with E-state index < -0.39 is 27.4 Å². The lowest BCUT2D eigenvalue weighted by molar-refractivity contribution is 0.0749. The number of aromatic nitrogens is 3. The van der Waals surface area contributed by atoms with Crippen LogP contribution in [0.2, 0.25) is 0 Å². The first-order valence-corrected chi connectivity index (χ1v) is 12.5. The summed E-state index contributed by atoms with van der Waals surface area (Å²) in [5, 5.41) is 4.46. The Morgan fingerprint density at radius 2 is 1.86 bits per heavy atom. The quantitative estimate of drug-likeness (QED) is 0.416. The number of fused-ring (bicyclic) bond motifs is 1. The summed E-state index contributed by atoms with van der Waals surface area (Å²) in [5.74, 6) is -1.46. The normalized spacial score (nSPS) is 13.2. The van der Waals surface area contributed by atoms with Crippen molar-refractivity contribution in [1.29, 1.82) is 0 Å². The second kappa shape index (κ2) is 8.70. The molecule has 0 unspecified atom stereocenters. The van der Waals surface area contributed by atoms with Gasteiger partial charge in [0.2, 0.25) is 0 Å². The Morgan fingerprint density at radius 3 is 2.57 bits per heavy atom. The molecule has 0 radical (unpaired) electrons. The third kappa shape index (κ3) is 4.32. The monoisotopic (exact) mass is 494 g/mol. The predicted octanol–water partition coefficient (Wildman–Crippen LogP) is 4.16. The summed E-state index contributed by atoms with van der Waals surface area (Å²) in [4.78, 5) is 19.0. The van der Waals surface area contributed by atoms with Crippen LogP contribution in [0.25, 0.3) is 16.8 Å². The zero-order chi connectivity index (χ0) is 24.7. The SMILES string of the molecule is CCS(=O)(=O)c1ccc(-c2cccc(F)c2)c(C(=O)N2Cc3cn(-c4cncc(F)c4)nc3C2)c1. The highest BCUT2D eigenvalue weighted by atomic mass is 32.2. The molecule has 2 aromatic carbocycles. The van der Waals surface area contributed by atoms with Crippen LogP contribution < -0.4 is 0 Å². The average molecular weight is 495 g/mol. The van der Waals surface area contributed by atoms with E-state index in [4.69, 9.17) is 0 Å². The lowest BCUT2D eigenvalue weighted by Gasteiger charge is -2.19. The first-order valence-electron chi connectivity index (χ1n) is 10.9. The highest BCUT2D eigenvalue weighted by Crippen LogP contribution is 2.31. The molecule has 3 heterocycles. The molecule has 0 aliphatic carbocycles. The molecule has 0 fully saturated rings. The number of amides is 1. The predicted molar refractivity (Wildman–Crippen MR) is 124 cm³/mol. The van der Waals surface area contributed by atoms with Gasteiger partial charge in [0.1, 0.15) is 11.6 Å². The molecular formula is C25H20F2N4O3S. The molecule has 1 aliphatic rings. The zero-order valence-electron chi connectivity index (χ0n) is 18.6. The molecule has 5 rings (SSSR count). The molecule has 1 amide bonds. The van der Waals surface area contributed by atoms with Crippen molar-refractivity contribution >= 4 is 15.7 Å². The van der Waals surface area contributed by atoms with Gasteiger partial charge in [-0.2, -0.15) is 5.10 Å². The third-order valence-corrected chi connectivity index (χ3v) is 7.65. The largest absolute Gasteiger partial charge is 0.328 e. The molecule has 0 saturated carbocycles. The van der Waals surface area contributed by atoms with E-state index in [1.807, 2.05) is 0 Å². The van der Waals surface area contributed by atoms with Crippen LogP contribution in [0.3, 0.4) is 0 Å². The number of halogens is 2. The Hall–Kier alpha value is -3.92. The van der Waals surface area contributed by atoms with Gasteiger partial charge in [0.25, 0.3) is 5.91 Å². The summed E-state index contributed by atoms with van der Waals surface area (Å²) in [6.45, 7) is 1.96. The maximum atomic E-state index is 13.9. The molecule has 0 atom stereocenters. The summed E-state index contributed by atoms with van der Waals surface area (Å²) in [6, 6.07) is 11.4. The van der Waals surface area contributed by atoms with Crippen LogP contribution in [0, 0.1) is 11.6 Å². The van der Waals surface area contributed by atoms with E-state index in [9.17, 15) is 22.0 Å². The van der Waals surface area contributed by atoms with Gasteiger partial charge in [-0.15, -0.1) is 0 Å². The Kier molecular flexibility index (Phi) is 5.68. The van der Waals surface area contributed by atoms with Gasteiger partial charge in [-0.05, 0) is 35.4 Å². The number of nitrogens with zero attached hydrogens (tertiary/aromatic N) is 4. The molecule has 0 saturated heterocycles. The van der Waals surface area contributed by atoms with Crippen molar-refractivity contribution in [2.45, 2.75) is 24.9 Å². The average Bonchev–Trinajstić information content (AvgIpc) is 3.43. The van der Waals surface area contributed by atoms with Crippen LogP contribution in [-0.4, -0.2) is 39.7 Å². The van der Waals surface area contributed by atoms with E-state index in [0.29, 0.717) is 22.5 Å². The fourth-order valence-electron chi connectivity index (χ4n) is 4.09. The molecule has 1 aliphatic heterocycles. The Balaban J connectivity index is 1.50. The van der Waals surface area contributed by atoms with Crippen molar-refractivity contribution in [1.82, 2.24) is 19.7 Å². The molecular weight excluding hydrogens is 474 g/mol. The topological polar surface area (TPSA) is 85.2 Å². The van der Waals surface area contributed by atoms with Crippen molar-refractivity contribution in [3.63, 3.8) is 0 Å². The minimum atomic E-state index is -3.56. The number of hydrogen-bond donors (Lipinski definition) is 0. The molecule has 2 aromatic heterocycles. The van der Waals surface area contributed by atoms with Crippen LogP contribution in [-0.2, 0) is 22.9 Å². The Bertz CT molecular complexity index is 1540. The maximum Gasteiger partial charge on any atom is 0.255 e. The fourth-order valence-corrected chi connectivity index (χ4v) is 5.00. The second-order valence-corrected chi connectivity index (χ2v) is 10.5. The minimum Gasteiger partial charge on any atom is -0.328 e. The molecule has 35 heavy (non-hydrogen) atoms. The van der Waals surface area contributed by atoms with Gasteiger partial charge in [0, 0.05) is 29.9 Å². The first kappa shape index (κ1) is 22.9. The maximum absolute atomic E-state index is 13.9. The highest BCUT2D eigenvalue weighted by Gasteiger charge is 2.30. The molecule has 10 heteroatoms. The van der Waals surface area contributed by atoms with E-state index in [2.05, 4.69) is 10.1 Å². The van der Waals surface area contributed by atoms with Gasteiger partial charge in [-0.3, -0.25) is 9.78 Å². The van der Waals surface area contributed by atoms with Crippen molar-refractivity contribution in [2.24, 2.45) is 0 Å². The third-order valence-electron chi connectivity index (χ3n) is 5.92. The van der Waals surface area contributed by atoms with Crippen LogP contribution in [0.1, 0.15) is 28.5 Å². The summed E-state index contributed by atoms with van der Waals surface area (Å²) in [7, 11) is -3.56. The smallest absolute Gasteiger partial charge is 0.255 e. The van der Waals surface area contributed by atoms with Gasteiger partial charge in [0.15, 0.2) is 9.84 Å². The van der Waals surface area contributed by atoms with E-state index in [1.165, 1.54) is 60.3 Å². The van der Waals surface area contributed by atoms with Gasteiger partial charge in [0.05, 0.1) is 41.0 Å². The van der Waals surface area contributed by atoms with Crippen LogP contribution in [0.4, 0.5) is 8.78 Å². The van der Waals surface area contributed by atoms with E-state index in [0.717, 1.165) is 11.8 Å². The molecule has 4 aromatic rings. The van der Waals surface area contributed by atoms with Crippen LogP contribution >= 0.6 is 0 Å². The molecule has 7 nitrogen and oxygen atoms in total. The Labute approximate surface area is 200 Å². The van der Waals surface area contributed by atoms with Crippen LogP contribution in [0.5, 0.6) is 0 Å². The summed E-state index contributed by atoms with van der Waals surface area (Å²) < 4.78 is 54.0. The number of rotatable bonds is 5. The van der Waals surface area contributed by atoms with Gasteiger partial charge < -0.3 is 4.90 Å². The van der Waals surface area contributed by atoms with Gasteiger partial charge in [-0.25, -0.2) is 21.9 Å². The Morgan fingerprint density at radius 1 is 1.03 bits per heavy atom. The lowest BCUT2D eigenvalue weighted by Crippen LogP contribution is -2.27.